The monoisotopic (exact) mass is 269 g/mol. The fourth-order valence-corrected chi connectivity index (χ4v) is 2.14. The zero-order valence-electron chi connectivity index (χ0n) is 12.5. The van der Waals surface area contributed by atoms with Gasteiger partial charge in [0.25, 0.3) is 0 Å². The van der Waals surface area contributed by atoms with E-state index in [2.05, 4.69) is 60.1 Å². The summed E-state index contributed by atoms with van der Waals surface area (Å²) in [5.41, 5.74) is 8.23. The molecule has 0 aliphatic rings. The Morgan fingerprint density at radius 1 is 1.05 bits per heavy atom. The molecule has 2 aromatic rings. The Kier molecular flexibility index (Phi) is 4.74. The maximum Gasteiger partial charge on any atom is 0.129 e. The van der Waals surface area contributed by atoms with Crippen molar-refractivity contribution < 1.29 is 0 Å². The van der Waals surface area contributed by atoms with E-state index in [1.807, 2.05) is 19.2 Å². The van der Waals surface area contributed by atoms with Crippen molar-refractivity contribution in [2.75, 3.05) is 4.90 Å². The molecule has 0 aliphatic carbocycles. The number of hydrogen-bond donors (Lipinski definition) is 1. The SMILES string of the molecule is CC(C)N(Cc1ccccc1)c1ccc([C@H](C)N)cn1. The molecule has 3 nitrogen and oxygen atoms in total. The van der Waals surface area contributed by atoms with Crippen molar-refractivity contribution in [2.45, 2.75) is 39.4 Å². The molecule has 1 atom stereocenters. The van der Waals surface area contributed by atoms with Crippen molar-refractivity contribution in [3.8, 4) is 0 Å². The highest BCUT2D eigenvalue weighted by atomic mass is 15.2. The van der Waals surface area contributed by atoms with Crippen molar-refractivity contribution >= 4 is 5.82 Å². The van der Waals surface area contributed by atoms with Crippen molar-refractivity contribution in [3.05, 3.63) is 59.8 Å². The average molecular weight is 269 g/mol. The molecule has 1 aromatic carbocycles. The van der Waals surface area contributed by atoms with Crippen LogP contribution in [0.4, 0.5) is 5.82 Å². The summed E-state index contributed by atoms with van der Waals surface area (Å²) >= 11 is 0. The number of nitrogens with zero attached hydrogens (tertiary/aromatic N) is 2. The second kappa shape index (κ2) is 6.53. The highest BCUT2D eigenvalue weighted by molar-refractivity contribution is 5.41. The number of pyridine rings is 1. The Hall–Kier alpha value is -1.87. The van der Waals surface area contributed by atoms with Crippen LogP contribution in [0.15, 0.2) is 48.7 Å². The lowest BCUT2D eigenvalue weighted by Crippen LogP contribution is -2.30. The first-order valence-corrected chi connectivity index (χ1v) is 7.10. The van der Waals surface area contributed by atoms with Gasteiger partial charge in [0.05, 0.1) is 0 Å². The van der Waals surface area contributed by atoms with Crippen molar-refractivity contribution in [1.82, 2.24) is 4.98 Å². The van der Waals surface area contributed by atoms with Crippen LogP contribution in [-0.2, 0) is 6.54 Å². The summed E-state index contributed by atoms with van der Waals surface area (Å²) in [6.07, 6.45) is 1.88. The number of nitrogens with two attached hydrogens (primary N) is 1. The van der Waals surface area contributed by atoms with Crippen LogP contribution in [0, 0.1) is 0 Å². The Bertz CT molecular complexity index is 518. The summed E-state index contributed by atoms with van der Waals surface area (Å²) in [6.45, 7) is 7.21. The Labute approximate surface area is 121 Å². The van der Waals surface area contributed by atoms with Gasteiger partial charge in [0.1, 0.15) is 5.82 Å². The van der Waals surface area contributed by atoms with Gasteiger partial charge < -0.3 is 10.6 Å². The van der Waals surface area contributed by atoms with Gasteiger partial charge in [-0.25, -0.2) is 4.98 Å². The summed E-state index contributed by atoms with van der Waals surface area (Å²) in [4.78, 5) is 6.86. The maximum absolute atomic E-state index is 5.87. The Balaban J connectivity index is 2.20. The molecule has 0 saturated heterocycles. The van der Waals surface area contributed by atoms with E-state index in [1.165, 1.54) is 5.56 Å². The van der Waals surface area contributed by atoms with E-state index in [0.29, 0.717) is 6.04 Å². The number of hydrogen-bond acceptors (Lipinski definition) is 3. The molecule has 2 rings (SSSR count). The summed E-state index contributed by atoms with van der Waals surface area (Å²) in [5.74, 6) is 0.994. The Morgan fingerprint density at radius 3 is 2.25 bits per heavy atom. The molecule has 0 radical (unpaired) electrons. The van der Waals surface area contributed by atoms with E-state index in [-0.39, 0.29) is 6.04 Å². The van der Waals surface area contributed by atoms with Gasteiger partial charge in [-0.05, 0) is 38.0 Å². The smallest absolute Gasteiger partial charge is 0.129 e. The lowest BCUT2D eigenvalue weighted by molar-refractivity contribution is 0.671. The highest BCUT2D eigenvalue weighted by Gasteiger charge is 2.12. The van der Waals surface area contributed by atoms with E-state index in [9.17, 15) is 0 Å². The number of anilines is 1. The predicted molar refractivity (Wildman–Crippen MR) is 84.6 cm³/mol. The first-order chi connectivity index (χ1) is 9.58. The quantitative estimate of drug-likeness (QED) is 0.903. The Morgan fingerprint density at radius 2 is 1.75 bits per heavy atom. The number of aromatic nitrogens is 1. The summed E-state index contributed by atoms with van der Waals surface area (Å²) in [5, 5.41) is 0. The minimum Gasteiger partial charge on any atom is -0.350 e. The molecule has 0 amide bonds. The van der Waals surface area contributed by atoms with E-state index in [0.717, 1.165) is 17.9 Å². The van der Waals surface area contributed by atoms with Gasteiger partial charge in [0.2, 0.25) is 0 Å². The lowest BCUT2D eigenvalue weighted by atomic mass is 10.1. The fourth-order valence-electron chi connectivity index (χ4n) is 2.14. The van der Waals surface area contributed by atoms with Crippen molar-refractivity contribution in [1.29, 1.82) is 0 Å². The van der Waals surface area contributed by atoms with E-state index < -0.39 is 0 Å². The molecule has 0 fully saturated rings. The minimum atomic E-state index is 0.0261. The topological polar surface area (TPSA) is 42.1 Å². The summed E-state index contributed by atoms with van der Waals surface area (Å²) in [7, 11) is 0. The molecule has 20 heavy (non-hydrogen) atoms. The van der Waals surface area contributed by atoms with Crippen LogP contribution in [0.1, 0.15) is 37.9 Å². The van der Waals surface area contributed by atoms with E-state index in [4.69, 9.17) is 5.73 Å². The minimum absolute atomic E-state index is 0.0261. The van der Waals surface area contributed by atoms with Gasteiger partial charge in [0, 0.05) is 24.8 Å². The lowest BCUT2D eigenvalue weighted by Gasteiger charge is -2.28. The summed E-state index contributed by atoms with van der Waals surface area (Å²) in [6, 6.07) is 15.0. The predicted octanol–water partition coefficient (Wildman–Crippen LogP) is 3.52. The van der Waals surface area contributed by atoms with E-state index >= 15 is 0 Å². The molecule has 106 valence electrons. The summed E-state index contributed by atoms with van der Waals surface area (Å²) < 4.78 is 0. The normalized spacial score (nSPS) is 12.4. The molecule has 0 bridgehead atoms. The number of benzene rings is 1. The molecule has 3 heteroatoms. The van der Waals surface area contributed by atoms with Crippen LogP contribution >= 0.6 is 0 Å². The second-order valence-corrected chi connectivity index (χ2v) is 5.45. The molecular weight excluding hydrogens is 246 g/mol. The molecule has 1 heterocycles. The highest BCUT2D eigenvalue weighted by Crippen LogP contribution is 2.19. The van der Waals surface area contributed by atoms with Gasteiger partial charge in [-0.15, -0.1) is 0 Å². The maximum atomic E-state index is 5.87. The third-order valence-corrected chi connectivity index (χ3v) is 3.41. The zero-order valence-corrected chi connectivity index (χ0v) is 12.5. The first kappa shape index (κ1) is 14.5. The van der Waals surface area contributed by atoms with E-state index in [1.54, 1.807) is 0 Å². The molecule has 0 saturated carbocycles. The third kappa shape index (κ3) is 3.58. The van der Waals surface area contributed by atoms with Crippen molar-refractivity contribution in [2.24, 2.45) is 5.73 Å². The second-order valence-electron chi connectivity index (χ2n) is 5.45. The first-order valence-electron chi connectivity index (χ1n) is 7.10. The van der Waals surface area contributed by atoms with Gasteiger partial charge in [-0.1, -0.05) is 36.4 Å². The third-order valence-electron chi connectivity index (χ3n) is 3.41. The molecule has 0 spiro atoms. The molecular formula is C17H23N3. The number of rotatable bonds is 5. The van der Waals surface area contributed by atoms with Crippen LogP contribution in [0.2, 0.25) is 0 Å². The standard InChI is InChI=1S/C17H23N3/c1-13(2)20(12-15-7-5-4-6-8-15)17-10-9-16(11-19-17)14(3)18/h4-11,13-14H,12,18H2,1-3H3/t14-/m0/s1. The van der Waals surface area contributed by atoms with Crippen LogP contribution < -0.4 is 10.6 Å². The van der Waals surface area contributed by atoms with Crippen LogP contribution in [0.3, 0.4) is 0 Å². The molecule has 0 unspecified atom stereocenters. The van der Waals surface area contributed by atoms with Gasteiger partial charge >= 0.3 is 0 Å². The molecule has 2 N–H and O–H groups in total. The van der Waals surface area contributed by atoms with Crippen LogP contribution in [0.5, 0.6) is 0 Å². The van der Waals surface area contributed by atoms with Gasteiger partial charge in [-0.2, -0.15) is 0 Å². The molecule has 0 aliphatic heterocycles. The van der Waals surface area contributed by atoms with Gasteiger partial charge in [-0.3, -0.25) is 0 Å². The fraction of sp³-hybridized carbons (Fsp3) is 0.353. The van der Waals surface area contributed by atoms with Gasteiger partial charge in [0.15, 0.2) is 0 Å². The largest absolute Gasteiger partial charge is 0.350 e. The van der Waals surface area contributed by atoms with Crippen molar-refractivity contribution in [3.63, 3.8) is 0 Å². The van der Waals surface area contributed by atoms with Crippen LogP contribution in [-0.4, -0.2) is 11.0 Å². The zero-order chi connectivity index (χ0) is 14.5. The molecule has 1 aromatic heterocycles. The van der Waals surface area contributed by atoms with Crippen LogP contribution in [0.25, 0.3) is 0 Å². The average Bonchev–Trinajstić information content (AvgIpc) is 2.45.